The van der Waals surface area contributed by atoms with Gasteiger partial charge in [0.2, 0.25) is 5.91 Å². The second-order valence-electron chi connectivity index (χ2n) is 6.66. The molecule has 6 nitrogen and oxygen atoms in total. The number of nitrogens with zero attached hydrogens (tertiary/aromatic N) is 4. The van der Waals surface area contributed by atoms with Crippen LogP contribution < -0.4 is 10.6 Å². The third-order valence-corrected chi connectivity index (χ3v) is 5.12. The van der Waals surface area contributed by atoms with Crippen LogP contribution in [0.1, 0.15) is 24.6 Å². The molecule has 1 aliphatic heterocycles. The van der Waals surface area contributed by atoms with Crippen molar-refractivity contribution < 1.29 is 4.79 Å². The molecule has 7 heteroatoms. The van der Waals surface area contributed by atoms with Crippen LogP contribution in [0.4, 0.5) is 5.69 Å². The highest BCUT2D eigenvalue weighted by Gasteiger charge is 2.26. The van der Waals surface area contributed by atoms with Gasteiger partial charge in [-0.05, 0) is 37.1 Å². The van der Waals surface area contributed by atoms with Crippen molar-refractivity contribution in [3.63, 3.8) is 0 Å². The Labute approximate surface area is 156 Å². The van der Waals surface area contributed by atoms with E-state index in [0.717, 1.165) is 48.3 Å². The first kappa shape index (κ1) is 16.8. The predicted molar refractivity (Wildman–Crippen MR) is 102 cm³/mol. The van der Waals surface area contributed by atoms with Gasteiger partial charge >= 0.3 is 0 Å². The molecule has 1 amide bonds. The number of primary amides is 1. The van der Waals surface area contributed by atoms with Crippen molar-refractivity contribution in [2.45, 2.75) is 25.3 Å². The Hall–Kier alpha value is -2.60. The molecule has 0 saturated carbocycles. The third kappa shape index (κ3) is 3.24. The van der Waals surface area contributed by atoms with E-state index in [2.05, 4.69) is 20.9 Å². The maximum Gasteiger partial charge on any atom is 0.237 e. The highest BCUT2D eigenvalue weighted by atomic mass is 35.5. The topological polar surface area (TPSA) is 77.0 Å². The summed E-state index contributed by atoms with van der Waals surface area (Å²) in [6, 6.07) is 7.86. The van der Waals surface area contributed by atoms with Crippen molar-refractivity contribution in [1.82, 2.24) is 14.5 Å². The highest BCUT2D eigenvalue weighted by Crippen LogP contribution is 2.33. The fourth-order valence-electron chi connectivity index (χ4n) is 3.77. The zero-order chi connectivity index (χ0) is 18.1. The van der Waals surface area contributed by atoms with Crippen LogP contribution in [-0.4, -0.2) is 33.5 Å². The molecule has 4 rings (SSSR count). The lowest BCUT2D eigenvalue weighted by atomic mass is 9.96. The van der Waals surface area contributed by atoms with E-state index in [-0.39, 0.29) is 18.4 Å². The Morgan fingerprint density at radius 2 is 2.15 bits per heavy atom. The average molecular weight is 370 g/mol. The van der Waals surface area contributed by atoms with Crippen molar-refractivity contribution in [3.05, 3.63) is 53.7 Å². The molecule has 1 saturated heterocycles. The molecule has 3 heterocycles. The molecular weight excluding hydrogens is 350 g/mol. The molecule has 0 aliphatic carbocycles. The number of imidazole rings is 1. The third-order valence-electron chi connectivity index (χ3n) is 4.88. The van der Waals surface area contributed by atoms with Crippen LogP contribution in [0.3, 0.4) is 0 Å². The van der Waals surface area contributed by atoms with Crippen LogP contribution >= 0.6 is 11.6 Å². The number of benzene rings is 1. The number of aromatic nitrogens is 3. The normalized spacial score (nSPS) is 17.6. The Kier molecular flexibility index (Phi) is 4.51. The molecule has 0 unspecified atom stereocenters. The fraction of sp³-hybridized carbons (Fsp3) is 0.316. The van der Waals surface area contributed by atoms with Gasteiger partial charge in [-0.2, -0.15) is 0 Å². The first-order valence-corrected chi connectivity index (χ1v) is 9.08. The molecule has 26 heavy (non-hydrogen) atoms. The number of anilines is 1. The van der Waals surface area contributed by atoms with Gasteiger partial charge in [0.15, 0.2) is 0 Å². The van der Waals surface area contributed by atoms with Crippen LogP contribution in [0.2, 0.25) is 5.02 Å². The first-order valence-electron chi connectivity index (χ1n) is 8.70. The number of hydrogen-bond acceptors (Lipinski definition) is 4. The van der Waals surface area contributed by atoms with E-state index < -0.39 is 0 Å². The lowest BCUT2D eigenvalue weighted by molar-refractivity contribution is -0.118. The summed E-state index contributed by atoms with van der Waals surface area (Å²) in [6.07, 6.45) is 7.49. The number of fused-ring (bicyclic) bond motifs is 1. The molecule has 1 atom stereocenters. The lowest BCUT2D eigenvalue weighted by Gasteiger charge is -2.34. The van der Waals surface area contributed by atoms with Crippen molar-refractivity contribution in [3.8, 4) is 0 Å². The van der Waals surface area contributed by atoms with E-state index in [1.807, 2.05) is 35.2 Å². The maximum absolute atomic E-state index is 11.3. The molecule has 0 spiro atoms. The minimum atomic E-state index is -0.353. The van der Waals surface area contributed by atoms with Crippen LogP contribution in [-0.2, 0) is 11.3 Å². The Bertz CT molecular complexity index is 954. The molecule has 1 aliphatic rings. The monoisotopic (exact) mass is 369 g/mol. The van der Waals surface area contributed by atoms with E-state index in [1.54, 1.807) is 6.20 Å². The standard InChI is InChI=1S/C19H20ClN5O/c20-14-3-4-15-16(10-14)22-6-5-17(15)24-8-1-2-13(11-24)19-23-7-9-25(19)12-18(21)26/h3-7,9-10,13H,1-2,8,11-12H2,(H2,21,26)/t13-/m1/s1. The predicted octanol–water partition coefficient (Wildman–Crippen LogP) is 2.95. The van der Waals surface area contributed by atoms with E-state index in [9.17, 15) is 4.79 Å². The van der Waals surface area contributed by atoms with Crippen LogP contribution in [0.15, 0.2) is 42.9 Å². The average Bonchev–Trinajstić information content (AvgIpc) is 3.08. The molecule has 0 bridgehead atoms. The van der Waals surface area contributed by atoms with Gasteiger partial charge in [0.25, 0.3) is 0 Å². The minimum absolute atomic E-state index is 0.169. The van der Waals surface area contributed by atoms with Crippen LogP contribution in [0.5, 0.6) is 0 Å². The molecule has 3 aromatic rings. The van der Waals surface area contributed by atoms with Gasteiger partial charge in [0, 0.05) is 53.7 Å². The van der Waals surface area contributed by atoms with E-state index in [0.29, 0.717) is 5.02 Å². The summed E-state index contributed by atoms with van der Waals surface area (Å²) in [7, 11) is 0. The largest absolute Gasteiger partial charge is 0.370 e. The number of hydrogen-bond donors (Lipinski definition) is 1. The number of rotatable bonds is 4. The second-order valence-corrected chi connectivity index (χ2v) is 7.09. The van der Waals surface area contributed by atoms with Crippen LogP contribution in [0, 0.1) is 0 Å². The summed E-state index contributed by atoms with van der Waals surface area (Å²) in [5.41, 5.74) is 7.41. The zero-order valence-electron chi connectivity index (χ0n) is 14.3. The van der Waals surface area contributed by atoms with Gasteiger partial charge in [-0.1, -0.05) is 11.6 Å². The second kappa shape index (κ2) is 6.96. The molecule has 1 fully saturated rings. The Balaban J connectivity index is 1.64. The quantitative estimate of drug-likeness (QED) is 0.767. The molecule has 2 aromatic heterocycles. The number of carbonyl (C=O) groups excluding carboxylic acids is 1. The van der Waals surface area contributed by atoms with Gasteiger partial charge in [0.1, 0.15) is 12.4 Å². The molecular formula is C19H20ClN5O. The summed E-state index contributed by atoms with van der Waals surface area (Å²) in [5.74, 6) is 0.831. The first-order chi connectivity index (χ1) is 12.6. The van der Waals surface area contributed by atoms with E-state index >= 15 is 0 Å². The molecule has 0 radical (unpaired) electrons. The number of halogens is 1. The SMILES string of the molecule is NC(=O)Cn1ccnc1[C@@H]1CCCN(c2ccnc3cc(Cl)ccc23)C1. The summed E-state index contributed by atoms with van der Waals surface area (Å²) in [4.78, 5) is 22.6. The van der Waals surface area contributed by atoms with Crippen molar-refractivity contribution >= 4 is 34.1 Å². The van der Waals surface area contributed by atoms with Crippen molar-refractivity contribution in [1.29, 1.82) is 0 Å². The highest BCUT2D eigenvalue weighted by molar-refractivity contribution is 6.31. The number of nitrogens with two attached hydrogens (primary N) is 1. The number of amides is 1. The van der Waals surface area contributed by atoms with E-state index in [4.69, 9.17) is 17.3 Å². The van der Waals surface area contributed by atoms with Gasteiger partial charge in [-0.15, -0.1) is 0 Å². The fourth-order valence-corrected chi connectivity index (χ4v) is 3.94. The van der Waals surface area contributed by atoms with Crippen molar-refractivity contribution in [2.75, 3.05) is 18.0 Å². The lowest BCUT2D eigenvalue weighted by Crippen LogP contribution is -2.36. The van der Waals surface area contributed by atoms with Gasteiger partial charge in [-0.3, -0.25) is 9.78 Å². The Morgan fingerprint density at radius 3 is 3.00 bits per heavy atom. The van der Waals surface area contributed by atoms with E-state index in [1.165, 1.54) is 0 Å². The molecule has 2 N–H and O–H groups in total. The summed E-state index contributed by atoms with van der Waals surface area (Å²) in [6.45, 7) is 1.99. The summed E-state index contributed by atoms with van der Waals surface area (Å²) < 4.78 is 1.86. The smallest absolute Gasteiger partial charge is 0.237 e. The molecule has 134 valence electrons. The van der Waals surface area contributed by atoms with Crippen molar-refractivity contribution in [2.24, 2.45) is 5.73 Å². The number of piperidine rings is 1. The summed E-state index contributed by atoms with van der Waals surface area (Å²) in [5, 5.41) is 1.78. The Morgan fingerprint density at radius 1 is 1.27 bits per heavy atom. The zero-order valence-corrected chi connectivity index (χ0v) is 15.1. The van der Waals surface area contributed by atoms with Gasteiger partial charge < -0.3 is 15.2 Å². The molecule has 1 aromatic carbocycles. The minimum Gasteiger partial charge on any atom is -0.370 e. The number of pyridine rings is 1. The summed E-state index contributed by atoms with van der Waals surface area (Å²) >= 11 is 6.10. The number of carbonyl (C=O) groups is 1. The van der Waals surface area contributed by atoms with Gasteiger partial charge in [0.05, 0.1) is 5.52 Å². The van der Waals surface area contributed by atoms with Crippen LogP contribution in [0.25, 0.3) is 10.9 Å². The maximum atomic E-state index is 11.3. The van der Waals surface area contributed by atoms with Gasteiger partial charge in [-0.25, -0.2) is 4.98 Å².